The van der Waals surface area contributed by atoms with Crippen LogP contribution in [-0.4, -0.2) is 0 Å². The molecular weight excluding hydrogens is 144 g/mol. The first-order chi connectivity index (χ1) is 5.43. The van der Waals surface area contributed by atoms with Crippen LogP contribution in [0.3, 0.4) is 0 Å². The van der Waals surface area contributed by atoms with Crippen LogP contribution in [0, 0.1) is 12.2 Å². The molecule has 1 aromatic rings. The second kappa shape index (κ2) is 4.20. The Morgan fingerprint density at radius 2 is 1.82 bits per heavy atom. The second-order valence-corrected chi connectivity index (χ2v) is 1.70. The van der Waals surface area contributed by atoms with Gasteiger partial charge in [-0.2, -0.15) is 0 Å². The Balaban J connectivity index is 2.52. The lowest BCUT2D eigenvalue weighted by molar-refractivity contribution is -0.658. The van der Waals surface area contributed by atoms with Gasteiger partial charge in [0.2, 0.25) is 0 Å². The predicted molar refractivity (Wildman–Crippen MR) is 35.9 cm³/mol. The number of hydrogen-bond acceptors (Lipinski definition) is 3. The monoisotopic (exact) mass is 149 g/mol. The van der Waals surface area contributed by atoms with Crippen molar-refractivity contribution in [1.82, 2.24) is 0 Å². The molecule has 0 aliphatic carbocycles. The number of benzene rings is 1. The molecule has 0 unspecified atom stereocenters. The molecule has 0 aromatic heterocycles. The van der Waals surface area contributed by atoms with E-state index in [1.165, 1.54) is 0 Å². The zero-order chi connectivity index (χ0) is 7.94. The fraction of sp³-hybridized carbons (Fsp3) is 0. The normalized spacial score (nSPS) is 7.73. The van der Waals surface area contributed by atoms with Gasteiger partial charge in [0.1, 0.15) is 11.9 Å². The van der Waals surface area contributed by atoms with Gasteiger partial charge in [0.05, 0.1) is 0 Å². The van der Waals surface area contributed by atoms with Crippen LogP contribution in [-0.2, 0) is 4.89 Å². The summed E-state index contributed by atoms with van der Waals surface area (Å²) in [7, 11) is 0. The smallest absolute Gasteiger partial charge is 0.160 e. The third kappa shape index (κ3) is 2.61. The van der Waals surface area contributed by atoms with Crippen molar-refractivity contribution in [3.63, 3.8) is 0 Å². The van der Waals surface area contributed by atoms with Gasteiger partial charge in [0.15, 0.2) is 6.11 Å². The van der Waals surface area contributed by atoms with E-state index in [1.54, 1.807) is 30.4 Å². The van der Waals surface area contributed by atoms with E-state index in [2.05, 4.69) is 11.0 Å². The molecule has 0 aliphatic rings. The molecular formula is C8H5O3-. The summed E-state index contributed by atoms with van der Waals surface area (Å²) in [6.07, 6.45) is 3.84. The van der Waals surface area contributed by atoms with Gasteiger partial charge < -0.3 is 14.9 Å². The number of hydrogen-bond donors (Lipinski definition) is 0. The van der Waals surface area contributed by atoms with Crippen LogP contribution in [0.2, 0.25) is 0 Å². The highest BCUT2D eigenvalue weighted by molar-refractivity contribution is 5.22. The first-order valence-corrected chi connectivity index (χ1v) is 2.94. The fourth-order valence-electron chi connectivity index (χ4n) is 0.585. The fourth-order valence-corrected chi connectivity index (χ4v) is 0.585. The number of ether oxygens (including phenoxy) is 1. The van der Waals surface area contributed by atoms with Crippen LogP contribution < -0.4 is 9.99 Å². The molecule has 0 atom stereocenters. The van der Waals surface area contributed by atoms with Crippen molar-refractivity contribution >= 4 is 0 Å². The van der Waals surface area contributed by atoms with Crippen LogP contribution in [0.1, 0.15) is 0 Å². The Hall–Kier alpha value is -1.66. The highest BCUT2D eigenvalue weighted by atomic mass is 17.1. The quantitative estimate of drug-likeness (QED) is 0.327. The van der Waals surface area contributed by atoms with E-state index in [9.17, 15) is 5.26 Å². The Morgan fingerprint density at radius 1 is 1.09 bits per heavy atom. The minimum atomic E-state index is 0.581. The Labute approximate surface area is 64.1 Å². The lowest BCUT2D eigenvalue weighted by atomic mass is 10.3. The Bertz CT molecular complexity index is 258. The minimum absolute atomic E-state index is 0.581. The molecule has 3 heteroatoms. The Kier molecular flexibility index (Phi) is 2.85. The predicted octanol–water partition coefficient (Wildman–Crippen LogP) is 0.276. The van der Waals surface area contributed by atoms with Gasteiger partial charge in [0.25, 0.3) is 0 Å². The summed E-state index contributed by atoms with van der Waals surface area (Å²) in [4.78, 5) is 3.23. The van der Waals surface area contributed by atoms with Gasteiger partial charge in [0, 0.05) is 0 Å². The van der Waals surface area contributed by atoms with E-state index >= 15 is 0 Å². The molecule has 0 spiro atoms. The molecule has 0 saturated carbocycles. The summed E-state index contributed by atoms with van der Waals surface area (Å²) in [6, 6.07) is 8.90. The third-order valence-corrected chi connectivity index (χ3v) is 0.995. The van der Waals surface area contributed by atoms with Gasteiger partial charge in [-0.3, -0.25) is 0 Å². The molecule has 0 heterocycles. The maximum Gasteiger partial charge on any atom is 0.160 e. The van der Waals surface area contributed by atoms with Crippen molar-refractivity contribution in [3.8, 4) is 18.0 Å². The molecule has 0 amide bonds. The van der Waals surface area contributed by atoms with Crippen molar-refractivity contribution in [2.45, 2.75) is 0 Å². The molecule has 0 radical (unpaired) electrons. The average molecular weight is 149 g/mol. The zero-order valence-corrected chi connectivity index (χ0v) is 5.61. The molecule has 3 nitrogen and oxygen atoms in total. The molecule has 11 heavy (non-hydrogen) atoms. The molecule has 0 aliphatic heterocycles. The van der Waals surface area contributed by atoms with Gasteiger partial charge in [-0.05, 0) is 12.1 Å². The van der Waals surface area contributed by atoms with E-state index in [1.807, 2.05) is 6.07 Å². The van der Waals surface area contributed by atoms with E-state index in [4.69, 9.17) is 4.74 Å². The SMILES string of the molecule is [O-]OC#COc1ccccc1. The summed E-state index contributed by atoms with van der Waals surface area (Å²) < 4.78 is 4.76. The lowest BCUT2D eigenvalue weighted by Gasteiger charge is -1.94. The third-order valence-electron chi connectivity index (χ3n) is 0.995. The summed E-state index contributed by atoms with van der Waals surface area (Å²) >= 11 is 0. The van der Waals surface area contributed by atoms with Crippen LogP contribution in [0.15, 0.2) is 30.3 Å². The molecule has 56 valence electrons. The summed E-state index contributed by atoms with van der Waals surface area (Å²) in [5, 5.41) is 9.37. The molecule has 0 N–H and O–H groups in total. The maximum absolute atomic E-state index is 9.37. The molecule has 0 saturated heterocycles. The first-order valence-electron chi connectivity index (χ1n) is 2.94. The summed E-state index contributed by atoms with van der Waals surface area (Å²) in [5.41, 5.74) is 0. The largest absolute Gasteiger partial charge is 0.653 e. The van der Waals surface area contributed by atoms with Crippen LogP contribution in [0.25, 0.3) is 0 Å². The summed E-state index contributed by atoms with van der Waals surface area (Å²) in [5.74, 6) is 0.581. The van der Waals surface area contributed by atoms with E-state index < -0.39 is 0 Å². The van der Waals surface area contributed by atoms with Crippen molar-refractivity contribution in [1.29, 1.82) is 0 Å². The minimum Gasteiger partial charge on any atom is -0.653 e. The lowest BCUT2D eigenvalue weighted by Crippen LogP contribution is -1.97. The number of rotatable bonds is 1. The van der Waals surface area contributed by atoms with Crippen molar-refractivity contribution in [2.75, 3.05) is 0 Å². The Morgan fingerprint density at radius 3 is 2.45 bits per heavy atom. The van der Waals surface area contributed by atoms with Crippen LogP contribution in [0.5, 0.6) is 5.75 Å². The van der Waals surface area contributed by atoms with E-state index in [0.717, 1.165) is 0 Å². The zero-order valence-electron chi connectivity index (χ0n) is 5.61. The highest BCUT2D eigenvalue weighted by Crippen LogP contribution is 2.06. The topological polar surface area (TPSA) is 41.5 Å². The average Bonchev–Trinajstić information content (AvgIpc) is 2.07. The van der Waals surface area contributed by atoms with E-state index in [-0.39, 0.29) is 0 Å². The summed E-state index contributed by atoms with van der Waals surface area (Å²) in [6.45, 7) is 0. The van der Waals surface area contributed by atoms with Crippen LogP contribution in [0.4, 0.5) is 0 Å². The van der Waals surface area contributed by atoms with Crippen molar-refractivity contribution in [2.24, 2.45) is 0 Å². The molecule has 0 bridgehead atoms. The maximum atomic E-state index is 9.37. The van der Waals surface area contributed by atoms with Crippen molar-refractivity contribution in [3.05, 3.63) is 30.3 Å². The van der Waals surface area contributed by atoms with Gasteiger partial charge in [-0.1, -0.05) is 18.2 Å². The standard InChI is InChI=1S/C8H6O3/c9-11-7-6-10-8-4-2-1-3-5-8/h1-5,9H/p-1. The van der Waals surface area contributed by atoms with Crippen molar-refractivity contribution < 1.29 is 14.9 Å². The molecule has 0 fully saturated rings. The molecule has 1 rings (SSSR count). The highest BCUT2D eigenvalue weighted by Gasteiger charge is 1.84. The van der Waals surface area contributed by atoms with E-state index in [0.29, 0.717) is 5.75 Å². The number of para-hydroxylation sites is 1. The molecule has 1 aromatic carbocycles. The van der Waals surface area contributed by atoms with Gasteiger partial charge >= 0.3 is 0 Å². The second-order valence-electron chi connectivity index (χ2n) is 1.70. The first kappa shape index (κ1) is 7.45. The van der Waals surface area contributed by atoms with Crippen LogP contribution >= 0.6 is 0 Å². The van der Waals surface area contributed by atoms with Gasteiger partial charge in [-0.15, -0.1) is 0 Å². The van der Waals surface area contributed by atoms with Gasteiger partial charge in [-0.25, -0.2) is 0 Å².